The molecule has 0 fully saturated rings. The number of Topliss-reactive ketones (excluding diaryl/α,β-unsaturated/α-hetero) is 1. The summed E-state index contributed by atoms with van der Waals surface area (Å²) in [7, 11) is 0. The monoisotopic (exact) mass is 416 g/mol. The number of carbonyl (C=O) groups excluding carboxylic acids is 1. The second kappa shape index (κ2) is 12.6. The second-order valence-electron chi connectivity index (χ2n) is 7.43. The molecule has 0 amide bonds. The van der Waals surface area contributed by atoms with Gasteiger partial charge in [-0.25, -0.2) is 4.79 Å². The Morgan fingerprint density at radius 2 is 1.28 bits per heavy atom. The van der Waals surface area contributed by atoms with Crippen LogP contribution in [0.25, 0.3) is 0 Å². The van der Waals surface area contributed by atoms with Gasteiger partial charge in [-0.1, -0.05) is 59.8 Å². The first-order valence-corrected chi connectivity index (χ1v) is 10.5. The number of ketones is 1. The summed E-state index contributed by atoms with van der Waals surface area (Å²) in [5.74, 6) is -7.78. The number of unbranched alkanes of at least 4 members (excludes halogenated alkanes) is 3. The van der Waals surface area contributed by atoms with E-state index in [0.29, 0.717) is 38.5 Å². The van der Waals surface area contributed by atoms with Gasteiger partial charge in [0.2, 0.25) is 5.60 Å². The molecule has 0 aromatic carbocycles. The first-order chi connectivity index (χ1) is 13.6. The highest BCUT2D eigenvalue weighted by molar-refractivity contribution is 6.06. The molecule has 8 heteroatoms. The number of ether oxygens (including phenoxy) is 1. The third-order valence-corrected chi connectivity index (χ3v) is 5.50. The Labute approximate surface area is 172 Å². The molecule has 0 rings (SSSR count). The molecule has 2 unspecified atom stereocenters. The van der Waals surface area contributed by atoms with Crippen LogP contribution in [0.1, 0.15) is 85.5 Å². The van der Waals surface area contributed by atoms with Crippen molar-refractivity contribution in [2.45, 2.75) is 91.1 Å². The lowest BCUT2D eigenvalue weighted by molar-refractivity contribution is -0.219. The summed E-state index contributed by atoms with van der Waals surface area (Å²) in [6, 6.07) is 0. The molecular formula is C21H36O8. The van der Waals surface area contributed by atoms with Gasteiger partial charge in [-0.15, -0.1) is 0 Å². The number of aliphatic carboxylic acids is 3. The number of carbonyl (C=O) groups is 4. The lowest BCUT2D eigenvalue weighted by atomic mass is 9.59. The van der Waals surface area contributed by atoms with Gasteiger partial charge in [0.15, 0.2) is 5.92 Å². The van der Waals surface area contributed by atoms with E-state index in [9.17, 15) is 34.5 Å². The number of hydrogen-bond acceptors (Lipinski definition) is 5. The number of carboxylic acid groups (broad SMARTS) is 3. The van der Waals surface area contributed by atoms with Crippen molar-refractivity contribution in [3.8, 4) is 0 Å². The molecule has 0 radical (unpaired) electrons. The summed E-state index contributed by atoms with van der Waals surface area (Å²) in [4.78, 5) is 50.0. The number of rotatable bonds is 17. The number of hydrogen-bond donors (Lipinski definition) is 3. The standard InChI is InChI=1S/C21H36O8/c1-5-9-12-20(18(25)26,13-10-6-2)21(19(27)28,29-14-11-7-3)16(17(23)24)15(22)8-4/h16H,5-14H2,1-4H3,(H,23,24)(H,25,26)(H,27,28). The SMILES string of the molecule is CCCCOC(C(=O)O)(C(C(=O)O)C(=O)CC)C(CCCC)(CCCC)C(=O)O. The van der Waals surface area contributed by atoms with E-state index < -0.39 is 40.6 Å². The molecule has 2 atom stereocenters. The van der Waals surface area contributed by atoms with Crippen molar-refractivity contribution in [1.29, 1.82) is 0 Å². The third kappa shape index (κ3) is 5.78. The molecule has 168 valence electrons. The summed E-state index contributed by atoms with van der Waals surface area (Å²) < 4.78 is 5.72. The number of carboxylic acids is 3. The molecule has 0 aliphatic heterocycles. The fraction of sp³-hybridized carbons (Fsp3) is 0.810. The van der Waals surface area contributed by atoms with Crippen LogP contribution in [-0.2, 0) is 23.9 Å². The largest absolute Gasteiger partial charge is 0.481 e. The van der Waals surface area contributed by atoms with Crippen LogP contribution in [0.3, 0.4) is 0 Å². The molecule has 0 spiro atoms. The third-order valence-electron chi connectivity index (χ3n) is 5.50. The Kier molecular flexibility index (Phi) is 11.7. The minimum absolute atomic E-state index is 0.0853. The molecule has 0 aliphatic rings. The van der Waals surface area contributed by atoms with Crippen molar-refractivity contribution < 1.29 is 39.2 Å². The molecule has 0 saturated heterocycles. The highest BCUT2D eigenvalue weighted by Crippen LogP contribution is 2.49. The second-order valence-corrected chi connectivity index (χ2v) is 7.43. The summed E-state index contributed by atoms with van der Waals surface area (Å²) in [6.45, 7) is 6.79. The molecule has 8 nitrogen and oxygen atoms in total. The van der Waals surface area contributed by atoms with Crippen molar-refractivity contribution in [1.82, 2.24) is 0 Å². The maximum Gasteiger partial charge on any atom is 0.338 e. The first-order valence-electron chi connectivity index (χ1n) is 10.5. The molecule has 0 saturated carbocycles. The topological polar surface area (TPSA) is 138 Å². The van der Waals surface area contributed by atoms with E-state index >= 15 is 0 Å². The Balaban J connectivity index is 7.04. The minimum Gasteiger partial charge on any atom is -0.481 e. The van der Waals surface area contributed by atoms with Gasteiger partial charge in [0.25, 0.3) is 0 Å². The van der Waals surface area contributed by atoms with E-state index in [-0.39, 0.29) is 25.9 Å². The van der Waals surface area contributed by atoms with Crippen LogP contribution >= 0.6 is 0 Å². The van der Waals surface area contributed by atoms with Gasteiger partial charge in [-0.2, -0.15) is 0 Å². The van der Waals surface area contributed by atoms with Crippen LogP contribution < -0.4 is 0 Å². The first kappa shape index (κ1) is 27.0. The minimum atomic E-state index is -2.68. The summed E-state index contributed by atoms with van der Waals surface area (Å²) in [5.41, 5.74) is -4.72. The Morgan fingerprint density at radius 3 is 1.59 bits per heavy atom. The van der Waals surface area contributed by atoms with E-state index in [1.165, 1.54) is 6.92 Å². The average molecular weight is 417 g/mol. The summed E-state index contributed by atoms with van der Waals surface area (Å²) in [6.07, 6.45) is 2.56. The van der Waals surface area contributed by atoms with Gasteiger partial charge < -0.3 is 20.1 Å². The maximum absolute atomic E-state index is 12.7. The van der Waals surface area contributed by atoms with Crippen LogP contribution in [-0.4, -0.2) is 51.2 Å². The molecule has 3 N–H and O–H groups in total. The highest BCUT2D eigenvalue weighted by atomic mass is 16.5. The van der Waals surface area contributed by atoms with Crippen molar-refractivity contribution in [3.63, 3.8) is 0 Å². The molecule has 0 bridgehead atoms. The average Bonchev–Trinajstić information content (AvgIpc) is 2.66. The van der Waals surface area contributed by atoms with Gasteiger partial charge in [-0.3, -0.25) is 14.4 Å². The lowest BCUT2D eigenvalue weighted by Crippen LogP contribution is -2.67. The van der Waals surface area contributed by atoms with Gasteiger partial charge in [0.05, 0.1) is 0 Å². The van der Waals surface area contributed by atoms with Crippen molar-refractivity contribution >= 4 is 23.7 Å². The molecule has 0 aliphatic carbocycles. The zero-order valence-corrected chi connectivity index (χ0v) is 18.0. The molecule has 29 heavy (non-hydrogen) atoms. The predicted molar refractivity (Wildman–Crippen MR) is 107 cm³/mol. The predicted octanol–water partition coefficient (Wildman–Crippen LogP) is 3.76. The van der Waals surface area contributed by atoms with E-state index in [1.54, 1.807) is 0 Å². The molecule has 0 aromatic heterocycles. The Hall–Kier alpha value is -1.96. The van der Waals surface area contributed by atoms with Crippen LogP contribution in [0.15, 0.2) is 0 Å². The maximum atomic E-state index is 12.7. The molecule has 0 aromatic rings. The van der Waals surface area contributed by atoms with Gasteiger partial charge in [0.1, 0.15) is 11.2 Å². The zero-order valence-electron chi connectivity index (χ0n) is 18.0. The molecular weight excluding hydrogens is 380 g/mol. The van der Waals surface area contributed by atoms with Gasteiger partial charge in [0, 0.05) is 13.0 Å². The Morgan fingerprint density at radius 1 is 0.793 bits per heavy atom. The lowest BCUT2D eigenvalue weighted by Gasteiger charge is -2.47. The quantitative estimate of drug-likeness (QED) is 0.241. The van der Waals surface area contributed by atoms with E-state index in [2.05, 4.69) is 0 Å². The van der Waals surface area contributed by atoms with Crippen molar-refractivity contribution in [3.05, 3.63) is 0 Å². The van der Waals surface area contributed by atoms with E-state index in [1.807, 2.05) is 20.8 Å². The summed E-state index contributed by atoms with van der Waals surface area (Å²) in [5, 5.41) is 30.4. The van der Waals surface area contributed by atoms with Crippen molar-refractivity contribution in [2.24, 2.45) is 11.3 Å². The summed E-state index contributed by atoms with van der Waals surface area (Å²) >= 11 is 0. The normalized spacial score (nSPS) is 14.8. The highest BCUT2D eigenvalue weighted by Gasteiger charge is 2.69. The fourth-order valence-corrected chi connectivity index (χ4v) is 3.83. The fourth-order valence-electron chi connectivity index (χ4n) is 3.83. The van der Waals surface area contributed by atoms with E-state index in [4.69, 9.17) is 4.74 Å². The van der Waals surface area contributed by atoms with Gasteiger partial charge >= 0.3 is 17.9 Å². The zero-order chi connectivity index (χ0) is 22.7. The van der Waals surface area contributed by atoms with Crippen molar-refractivity contribution in [2.75, 3.05) is 6.61 Å². The van der Waals surface area contributed by atoms with Crippen LogP contribution in [0, 0.1) is 11.3 Å². The van der Waals surface area contributed by atoms with Gasteiger partial charge in [-0.05, 0) is 19.3 Å². The van der Waals surface area contributed by atoms with Crippen LogP contribution in [0.2, 0.25) is 0 Å². The van der Waals surface area contributed by atoms with E-state index in [0.717, 1.165) is 0 Å². The van der Waals surface area contributed by atoms with Crippen LogP contribution in [0.4, 0.5) is 0 Å². The molecule has 0 heterocycles. The smallest absolute Gasteiger partial charge is 0.338 e. The van der Waals surface area contributed by atoms with Crippen LogP contribution in [0.5, 0.6) is 0 Å². The Bertz CT molecular complexity index is 563.